The van der Waals surface area contributed by atoms with Gasteiger partial charge in [-0.15, -0.1) is 0 Å². The first kappa shape index (κ1) is 13.7. The molecule has 1 heterocycles. The van der Waals surface area contributed by atoms with E-state index >= 15 is 0 Å². The standard InChI is InChI=1S/C20H12OSe2/c21-23-17-11-3-7-13-5-1-9-15(19(13)17)22-16-10-2-6-14-8-4-12-18(23)20(14)16/h1-12H. The minimum atomic E-state index is -2.29. The quantitative estimate of drug-likeness (QED) is 0.343. The van der Waals surface area contributed by atoms with Crippen LogP contribution in [0.15, 0.2) is 72.8 Å². The van der Waals surface area contributed by atoms with Crippen molar-refractivity contribution in [3.8, 4) is 0 Å². The minimum absolute atomic E-state index is 0.220. The van der Waals surface area contributed by atoms with Crippen LogP contribution in [0.5, 0.6) is 0 Å². The Bertz CT molecular complexity index is 1020. The van der Waals surface area contributed by atoms with Gasteiger partial charge >= 0.3 is 145 Å². The van der Waals surface area contributed by atoms with Gasteiger partial charge in [0.05, 0.1) is 0 Å². The summed E-state index contributed by atoms with van der Waals surface area (Å²) in [7, 11) is 0. The summed E-state index contributed by atoms with van der Waals surface area (Å²) in [5.74, 6) is 0. The Morgan fingerprint density at radius 1 is 0.609 bits per heavy atom. The Balaban J connectivity index is 1.99. The van der Waals surface area contributed by atoms with Crippen molar-refractivity contribution in [3.05, 3.63) is 72.8 Å². The molecule has 0 fully saturated rings. The van der Waals surface area contributed by atoms with Crippen molar-refractivity contribution in [1.82, 2.24) is 0 Å². The van der Waals surface area contributed by atoms with Crippen LogP contribution in [0.2, 0.25) is 0 Å². The van der Waals surface area contributed by atoms with Crippen molar-refractivity contribution in [2.24, 2.45) is 0 Å². The SMILES string of the molecule is O=[Se]1c2cccc3cccc(c23)[Se]c2cccc3cccc1c23. The van der Waals surface area contributed by atoms with E-state index in [2.05, 4.69) is 60.7 Å². The van der Waals surface area contributed by atoms with E-state index in [1.165, 1.54) is 30.5 Å². The molecule has 0 aromatic heterocycles. The van der Waals surface area contributed by atoms with Gasteiger partial charge in [0, 0.05) is 0 Å². The molecule has 0 N–H and O–H groups in total. The Morgan fingerprint density at radius 2 is 1.04 bits per heavy atom. The Morgan fingerprint density at radius 3 is 1.52 bits per heavy atom. The van der Waals surface area contributed by atoms with Gasteiger partial charge in [-0.3, -0.25) is 0 Å². The maximum atomic E-state index is 13.5. The maximum absolute atomic E-state index is 13.5. The van der Waals surface area contributed by atoms with Gasteiger partial charge in [0.25, 0.3) is 0 Å². The van der Waals surface area contributed by atoms with Crippen molar-refractivity contribution in [2.45, 2.75) is 0 Å². The summed E-state index contributed by atoms with van der Waals surface area (Å²) in [5, 5.41) is 4.86. The summed E-state index contributed by atoms with van der Waals surface area (Å²) in [4.78, 5) is 0. The van der Waals surface area contributed by atoms with Crippen molar-refractivity contribution in [1.29, 1.82) is 0 Å². The second-order valence-corrected chi connectivity index (χ2v) is 10.8. The first-order chi connectivity index (χ1) is 11.3. The average molecular weight is 426 g/mol. The second kappa shape index (κ2) is 5.12. The molecule has 1 aliphatic rings. The molecular weight excluding hydrogens is 414 g/mol. The molecule has 0 atom stereocenters. The monoisotopic (exact) mass is 428 g/mol. The van der Waals surface area contributed by atoms with Crippen LogP contribution in [0.1, 0.15) is 0 Å². The number of hydrogen-bond donors (Lipinski definition) is 0. The van der Waals surface area contributed by atoms with Crippen molar-refractivity contribution < 1.29 is 3.83 Å². The Hall–Kier alpha value is -1.76. The third-order valence-corrected chi connectivity index (χ3v) is 9.73. The molecule has 3 heteroatoms. The van der Waals surface area contributed by atoms with Gasteiger partial charge in [-0.05, 0) is 0 Å². The van der Waals surface area contributed by atoms with E-state index in [1.54, 1.807) is 0 Å². The van der Waals surface area contributed by atoms with Crippen LogP contribution in [-0.2, 0) is 3.83 Å². The zero-order valence-electron chi connectivity index (χ0n) is 12.2. The summed E-state index contributed by atoms with van der Waals surface area (Å²) >= 11 is -2.07. The predicted octanol–water partition coefficient (Wildman–Crippen LogP) is 1.50. The molecule has 0 amide bonds. The summed E-state index contributed by atoms with van der Waals surface area (Å²) in [6.07, 6.45) is 0. The number of benzene rings is 4. The van der Waals surface area contributed by atoms with Gasteiger partial charge in [0.15, 0.2) is 0 Å². The van der Waals surface area contributed by atoms with Crippen molar-refractivity contribution in [2.75, 3.05) is 0 Å². The molecule has 4 aromatic carbocycles. The molecular formula is C20H12OSe2. The number of rotatable bonds is 0. The molecule has 0 saturated carbocycles. The van der Waals surface area contributed by atoms with E-state index in [0.717, 1.165) is 8.92 Å². The van der Waals surface area contributed by atoms with E-state index in [0.29, 0.717) is 0 Å². The first-order valence-electron chi connectivity index (χ1n) is 7.46. The summed E-state index contributed by atoms with van der Waals surface area (Å²) in [6, 6.07) is 25.4. The predicted molar refractivity (Wildman–Crippen MR) is 98.6 cm³/mol. The molecule has 1 nitrogen and oxygen atoms in total. The van der Waals surface area contributed by atoms with Crippen LogP contribution in [0.3, 0.4) is 0 Å². The molecule has 4 aromatic rings. The molecule has 110 valence electrons. The van der Waals surface area contributed by atoms with E-state index < -0.39 is 13.8 Å². The molecule has 1 aliphatic heterocycles. The van der Waals surface area contributed by atoms with Crippen LogP contribution in [0, 0.1) is 0 Å². The topological polar surface area (TPSA) is 17.1 Å². The zero-order chi connectivity index (χ0) is 15.4. The van der Waals surface area contributed by atoms with Crippen LogP contribution in [0.4, 0.5) is 0 Å². The molecule has 0 unspecified atom stereocenters. The van der Waals surface area contributed by atoms with Gasteiger partial charge in [-0.1, -0.05) is 0 Å². The van der Waals surface area contributed by atoms with Crippen molar-refractivity contribution >= 4 is 68.2 Å². The van der Waals surface area contributed by atoms with E-state index in [-0.39, 0.29) is 15.0 Å². The van der Waals surface area contributed by atoms with Gasteiger partial charge in [0.2, 0.25) is 0 Å². The normalized spacial score (nSPS) is 13.9. The molecule has 23 heavy (non-hydrogen) atoms. The Kier molecular flexibility index (Phi) is 3.04. The molecule has 0 spiro atoms. The van der Waals surface area contributed by atoms with Crippen LogP contribution in [-0.4, -0.2) is 28.8 Å². The molecule has 0 bridgehead atoms. The summed E-state index contributed by atoms with van der Waals surface area (Å²) < 4.78 is 18.2. The van der Waals surface area contributed by atoms with E-state index in [1.807, 2.05) is 12.1 Å². The van der Waals surface area contributed by atoms with Gasteiger partial charge in [0.1, 0.15) is 0 Å². The molecule has 5 rings (SSSR count). The molecule has 0 radical (unpaired) electrons. The van der Waals surface area contributed by atoms with Crippen molar-refractivity contribution in [3.63, 3.8) is 0 Å². The zero-order valence-corrected chi connectivity index (χ0v) is 15.6. The fourth-order valence-electron chi connectivity index (χ4n) is 3.26. The molecule has 0 aliphatic carbocycles. The van der Waals surface area contributed by atoms with Crippen LogP contribution in [0.25, 0.3) is 21.5 Å². The van der Waals surface area contributed by atoms with Crippen LogP contribution >= 0.6 is 0 Å². The Labute approximate surface area is 144 Å². The van der Waals surface area contributed by atoms with Gasteiger partial charge in [-0.25, -0.2) is 0 Å². The molecule has 0 saturated heterocycles. The number of hydrogen-bond acceptors (Lipinski definition) is 1. The summed E-state index contributed by atoms with van der Waals surface area (Å²) in [5.41, 5.74) is 0. The van der Waals surface area contributed by atoms with E-state index in [4.69, 9.17) is 0 Å². The van der Waals surface area contributed by atoms with Gasteiger partial charge in [-0.2, -0.15) is 0 Å². The first-order valence-corrected chi connectivity index (χ1v) is 11.6. The van der Waals surface area contributed by atoms with Gasteiger partial charge < -0.3 is 0 Å². The third-order valence-electron chi connectivity index (χ3n) is 4.28. The second-order valence-electron chi connectivity index (χ2n) is 5.59. The van der Waals surface area contributed by atoms with E-state index in [9.17, 15) is 3.83 Å². The van der Waals surface area contributed by atoms with Crippen LogP contribution < -0.4 is 17.8 Å². The average Bonchev–Trinajstić information content (AvgIpc) is 2.60. The fraction of sp³-hybridized carbons (Fsp3) is 0. The third kappa shape index (κ3) is 1.99. The summed E-state index contributed by atoms with van der Waals surface area (Å²) in [6.45, 7) is 0. The fourth-order valence-corrected chi connectivity index (χ4v) is 9.49.